The van der Waals surface area contributed by atoms with Crippen LogP contribution in [0.4, 0.5) is 0 Å². The Morgan fingerprint density at radius 3 is 2.27 bits per heavy atom. The van der Waals surface area contributed by atoms with Gasteiger partial charge in [0.2, 0.25) is 0 Å². The van der Waals surface area contributed by atoms with Crippen molar-refractivity contribution in [2.75, 3.05) is 0 Å². The van der Waals surface area contributed by atoms with Crippen LogP contribution < -0.4 is 0 Å². The first-order chi connectivity index (χ1) is 4.72. The van der Waals surface area contributed by atoms with E-state index in [2.05, 4.69) is 6.92 Å². The second kappa shape index (κ2) is 8.76. The number of rotatable bonds is 5. The van der Waals surface area contributed by atoms with E-state index in [4.69, 9.17) is 5.11 Å². The van der Waals surface area contributed by atoms with Crippen molar-refractivity contribution in [2.45, 2.75) is 39.5 Å². The van der Waals surface area contributed by atoms with Gasteiger partial charge < -0.3 is 5.11 Å². The van der Waals surface area contributed by atoms with Crippen LogP contribution in [0.3, 0.4) is 0 Å². The molecule has 0 spiro atoms. The molecule has 11 heavy (non-hydrogen) atoms. The number of carboxylic acid groups (broad SMARTS) is 1. The first-order valence-electron chi connectivity index (χ1n) is 3.95. The number of carboxylic acids is 1. The molecular weight excluding hydrogens is 267 g/mol. The molecule has 2 nitrogen and oxygen atoms in total. The maximum Gasteiger partial charge on any atom is 0.306 e. The van der Waals surface area contributed by atoms with E-state index in [1.165, 1.54) is 0 Å². The van der Waals surface area contributed by atoms with Gasteiger partial charge >= 0.3 is 5.97 Å². The second-order valence-corrected chi connectivity index (χ2v) is 2.59. The molecule has 0 aromatic heterocycles. The standard InChI is InChI=1S/C8H16O2.La/c1-3-5-6-7(4-2)8(9)10;/h7H,3-6H2,1-2H3,(H,9,10);. The van der Waals surface area contributed by atoms with Crippen LogP contribution in [0, 0.1) is 41.5 Å². The van der Waals surface area contributed by atoms with Gasteiger partial charge in [-0.2, -0.15) is 0 Å². The molecule has 1 radical (unpaired) electrons. The van der Waals surface area contributed by atoms with Crippen LogP contribution in [-0.2, 0) is 4.79 Å². The Balaban J connectivity index is 0. The van der Waals surface area contributed by atoms with E-state index in [0.717, 1.165) is 25.7 Å². The van der Waals surface area contributed by atoms with Crippen molar-refractivity contribution in [1.29, 1.82) is 0 Å². The van der Waals surface area contributed by atoms with E-state index in [0.29, 0.717) is 0 Å². The summed E-state index contributed by atoms with van der Waals surface area (Å²) in [7, 11) is 0. The summed E-state index contributed by atoms with van der Waals surface area (Å²) < 4.78 is 0. The summed E-state index contributed by atoms with van der Waals surface area (Å²) in [6.45, 7) is 4.00. The fourth-order valence-electron chi connectivity index (χ4n) is 0.953. The zero-order valence-electron chi connectivity index (χ0n) is 7.34. The number of hydrogen-bond donors (Lipinski definition) is 1. The summed E-state index contributed by atoms with van der Waals surface area (Å²) in [5, 5.41) is 8.60. The van der Waals surface area contributed by atoms with E-state index in [-0.39, 0.29) is 41.5 Å². The van der Waals surface area contributed by atoms with Gasteiger partial charge in [0, 0.05) is 35.6 Å². The Labute approximate surface area is 96.4 Å². The third kappa shape index (κ3) is 7.04. The van der Waals surface area contributed by atoms with E-state index >= 15 is 0 Å². The van der Waals surface area contributed by atoms with Crippen LogP contribution in [0.5, 0.6) is 0 Å². The molecular formula is C8H16LaO2. The summed E-state index contributed by atoms with van der Waals surface area (Å²) in [5.41, 5.74) is 0. The molecule has 0 heterocycles. The van der Waals surface area contributed by atoms with Crippen molar-refractivity contribution in [3.8, 4) is 0 Å². The summed E-state index contributed by atoms with van der Waals surface area (Å²) in [5.74, 6) is -0.754. The second-order valence-electron chi connectivity index (χ2n) is 2.59. The van der Waals surface area contributed by atoms with E-state index in [1.54, 1.807) is 0 Å². The van der Waals surface area contributed by atoms with Crippen LogP contribution in [0.15, 0.2) is 0 Å². The maximum atomic E-state index is 10.4. The molecule has 0 saturated carbocycles. The van der Waals surface area contributed by atoms with Gasteiger partial charge in [-0.25, -0.2) is 0 Å². The van der Waals surface area contributed by atoms with Crippen molar-refractivity contribution in [3.63, 3.8) is 0 Å². The molecule has 0 bridgehead atoms. The van der Waals surface area contributed by atoms with Gasteiger partial charge in [0.15, 0.2) is 0 Å². The molecule has 0 fully saturated rings. The molecule has 0 aliphatic rings. The smallest absolute Gasteiger partial charge is 0.306 e. The Bertz CT molecular complexity index is 104. The molecule has 1 atom stereocenters. The summed E-state index contributed by atoms with van der Waals surface area (Å²) >= 11 is 0. The van der Waals surface area contributed by atoms with Gasteiger partial charge in [0.05, 0.1) is 5.92 Å². The fourth-order valence-corrected chi connectivity index (χ4v) is 0.953. The average Bonchev–Trinajstić information content (AvgIpc) is 1.89. The predicted molar refractivity (Wildman–Crippen MR) is 40.9 cm³/mol. The molecule has 0 aromatic rings. The minimum atomic E-state index is -0.643. The van der Waals surface area contributed by atoms with Gasteiger partial charge in [-0.05, 0) is 12.8 Å². The molecule has 63 valence electrons. The molecule has 0 aliphatic heterocycles. The van der Waals surface area contributed by atoms with E-state index in [1.807, 2.05) is 6.92 Å². The minimum Gasteiger partial charge on any atom is -0.481 e. The topological polar surface area (TPSA) is 37.3 Å². The van der Waals surface area contributed by atoms with Crippen LogP contribution in [0.1, 0.15) is 39.5 Å². The molecule has 0 aliphatic carbocycles. The van der Waals surface area contributed by atoms with Gasteiger partial charge in [-0.15, -0.1) is 0 Å². The summed E-state index contributed by atoms with van der Waals surface area (Å²) in [4.78, 5) is 10.4. The van der Waals surface area contributed by atoms with Gasteiger partial charge in [0.25, 0.3) is 0 Å². The zero-order chi connectivity index (χ0) is 7.98. The van der Waals surface area contributed by atoms with Crippen LogP contribution >= 0.6 is 0 Å². The van der Waals surface area contributed by atoms with Crippen LogP contribution in [0.2, 0.25) is 0 Å². The first-order valence-corrected chi connectivity index (χ1v) is 3.95. The van der Waals surface area contributed by atoms with Gasteiger partial charge in [-0.3, -0.25) is 4.79 Å². The zero-order valence-corrected chi connectivity index (χ0v) is 11.0. The third-order valence-corrected chi connectivity index (χ3v) is 1.75. The van der Waals surface area contributed by atoms with Crippen molar-refractivity contribution >= 4 is 5.97 Å². The quantitative estimate of drug-likeness (QED) is 0.840. The minimum absolute atomic E-state index is 0. The molecule has 3 heteroatoms. The first kappa shape index (κ1) is 14.2. The van der Waals surface area contributed by atoms with Crippen molar-refractivity contribution in [1.82, 2.24) is 0 Å². The number of aliphatic carboxylic acids is 1. The molecule has 0 aromatic carbocycles. The SMILES string of the molecule is CCCCC(CC)C(=O)O.[La]. The molecule has 0 rings (SSSR count). The number of hydrogen-bond acceptors (Lipinski definition) is 1. The van der Waals surface area contributed by atoms with Crippen LogP contribution in [-0.4, -0.2) is 11.1 Å². The molecule has 1 unspecified atom stereocenters. The normalized spacial score (nSPS) is 11.8. The van der Waals surface area contributed by atoms with Gasteiger partial charge in [0.1, 0.15) is 0 Å². The Hall–Kier alpha value is 0.665. The molecule has 1 N–H and O–H groups in total. The summed E-state index contributed by atoms with van der Waals surface area (Å²) in [6.07, 6.45) is 3.71. The van der Waals surface area contributed by atoms with Crippen molar-refractivity contribution < 1.29 is 45.5 Å². The molecule has 0 saturated heterocycles. The van der Waals surface area contributed by atoms with Crippen LogP contribution in [0.25, 0.3) is 0 Å². The predicted octanol–water partition coefficient (Wildman–Crippen LogP) is 2.29. The maximum absolute atomic E-state index is 10.4. The fraction of sp³-hybridized carbons (Fsp3) is 0.875. The number of carbonyl (C=O) groups is 1. The average molecular weight is 283 g/mol. The molecule has 0 amide bonds. The largest absolute Gasteiger partial charge is 0.481 e. The monoisotopic (exact) mass is 283 g/mol. The Morgan fingerprint density at radius 1 is 1.45 bits per heavy atom. The summed E-state index contributed by atoms with van der Waals surface area (Å²) in [6, 6.07) is 0. The third-order valence-electron chi connectivity index (χ3n) is 1.75. The van der Waals surface area contributed by atoms with Crippen molar-refractivity contribution in [3.05, 3.63) is 0 Å². The van der Waals surface area contributed by atoms with E-state index in [9.17, 15) is 4.79 Å². The Morgan fingerprint density at radius 2 is 2.00 bits per heavy atom. The number of unbranched alkanes of at least 4 members (excludes halogenated alkanes) is 1. The van der Waals surface area contributed by atoms with E-state index < -0.39 is 5.97 Å². The van der Waals surface area contributed by atoms with Crippen molar-refractivity contribution in [2.24, 2.45) is 5.92 Å². The Kier molecular flexibility index (Phi) is 11.3. The van der Waals surface area contributed by atoms with Gasteiger partial charge in [-0.1, -0.05) is 26.7 Å².